The van der Waals surface area contributed by atoms with Gasteiger partial charge in [0, 0.05) is 13.0 Å². The van der Waals surface area contributed by atoms with Gasteiger partial charge in [-0.15, -0.1) is 0 Å². The molecule has 1 aliphatic heterocycles. The average molecular weight is 395 g/mol. The lowest BCUT2D eigenvalue weighted by Crippen LogP contribution is -2.57. The summed E-state index contributed by atoms with van der Waals surface area (Å²) in [7, 11) is 0. The van der Waals surface area contributed by atoms with Crippen molar-refractivity contribution in [1.29, 1.82) is 0 Å². The molecule has 0 aliphatic carbocycles. The zero-order valence-electron chi connectivity index (χ0n) is 17.4. The SMILES string of the molecule is CC(C)(C)OC(=O)N1CC[C@@](O)(c2ccc(F)cc2)[C@H](OC(=O)C(C)(C)C)C1. The van der Waals surface area contributed by atoms with Crippen LogP contribution in [-0.2, 0) is 19.9 Å². The number of piperidine rings is 1. The van der Waals surface area contributed by atoms with Crippen LogP contribution in [0.15, 0.2) is 24.3 Å². The summed E-state index contributed by atoms with van der Waals surface area (Å²) in [5.41, 5.74) is -2.55. The number of halogens is 1. The van der Waals surface area contributed by atoms with Crippen LogP contribution in [0.25, 0.3) is 0 Å². The van der Waals surface area contributed by atoms with E-state index in [4.69, 9.17) is 9.47 Å². The highest BCUT2D eigenvalue weighted by Gasteiger charge is 2.48. The third kappa shape index (κ3) is 5.22. The minimum atomic E-state index is -1.53. The summed E-state index contributed by atoms with van der Waals surface area (Å²) in [4.78, 5) is 26.4. The number of likely N-dealkylation sites (tertiary alicyclic amines) is 1. The third-order valence-corrected chi connectivity index (χ3v) is 4.54. The number of aliphatic hydroxyl groups is 1. The first-order valence-electron chi connectivity index (χ1n) is 9.40. The fraction of sp³-hybridized carbons (Fsp3) is 0.619. The smallest absolute Gasteiger partial charge is 0.410 e. The molecule has 1 aromatic rings. The Bertz CT molecular complexity index is 720. The van der Waals surface area contributed by atoms with Gasteiger partial charge < -0.3 is 19.5 Å². The number of carbonyl (C=O) groups is 2. The number of ether oxygens (including phenoxy) is 2. The number of esters is 1. The molecule has 1 fully saturated rings. The van der Waals surface area contributed by atoms with Gasteiger partial charge in [-0.25, -0.2) is 9.18 Å². The number of hydrogen-bond acceptors (Lipinski definition) is 5. The minimum absolute atomic E-state index is 0.0232. The molecular formula is C21H30FNO5. The second-order valence-corrected chi connectivity index (χ2v) is 9.25. The van der Waals surface area contributed by atoms with Crippen molar-refractivity contribution >= 4 is 12.1 Å². The van der Waals surface area contributed by atoms with Crippen LogP contribution in [0.3, 0.4) is 0 Å². The van der Waals surface area contributed by atoms with Crippen LogP contribution in [0.2, 0.25) is 0 Å². The molecule has 1 heterocycles. The molecule has 7 heteroatoms. The van der Waals surface area contributed by atoms with E-state index in [0.29, 0.717) is 5.56 Å². The molecule has 1 aromatic carbocycles. The van der Waals surface area contributed by atoms with E-state index in [-0.39, 0.29) is 19.5 Å². The summed E-state index contributed by atoms with van der Waals surface area (Å²) >= 11 is 0. The Morgan fingerprint density at radius 1 is 1.14 bits per heavy atom. The fourth-order valence-electron chi connectivity index (χ4n) is 2.91. The monoisotopic (exact) mass is 395 g/mol. The van der Waals surface area contributed by atoms with Crippen molar-refractivity contribution in [3.05, 3.63) is 35.6 Å². The van der Waals surface area contributed by atoms with Gasteiger partial charge in [0.25, 0.3) is 0 Å². The van der Waals surface area contributed by atoms with Crippen LogP contribution in [-0.4, -0.2) is 46.9 Å². The molecule has 156 valence electrons. The zero-order chi connectivity index (χ0) is 21.3. The van der Waals surface area contributed by atoms with E-state index in [9.17, 15) is 19.1 Å². The highest BCUT2D eigenvalue weighted by molar-refractivity contribution is 5.76. The molecule has 2 rings (SSSR count). The number of rotatable bonds is 2. The Morgan fingerprint density at radius 3 is 2.21 bits per heavy atom. The van der Waals surface area contributed by atoms with Crippen LogP contribution in [0.1, 0.15) is 53.5 Å². The Kier molecular flexibility index (Phi) is 6.09. The quantitative estimate of drug-likeness (QED) is 0.774. The van der Waals surface area contributed by atoms with Crippen molar-refractivity contribution in [3.8, 4) is 0 Å². The molecule has 6 nitrogen and oxygen atoms in total. The van der Waals surface area contributed by atoms with Gasteiger partial charge in [0.05, 0.1) is 12.0 Å². The van der Waals surface area contributed by atoms with Gasteiger partial charge >= 0.3 is 12.1 Å². The zero-order valence-corrected chi connectivity index (χ0v) is 17.4. The predicted molar refractivity (Wildman–Crippen MR) is 102 cm³/mol. The summed E-state index contributed by atoms with van der Waals surface area (Å²) in [5, 5.41) is 11.4. The molecule has 1 amide bonds. The molecule has 1 aliphatic rings. The van der Waals surface area contributed by atoms with E-state index < -0.39 is 40.6 Å². The maximum atomic E-state index is 13.3. The van der Waals surface area contributed by atoms with E-state index >= 15 is 0 Å². The first-order chi connectivity index (χ1) is 12.7. The van der Waals surface area contributed by atoms with E-state index in [1.807, 2.05) is 0 Å². The lowest BCUT2D eigenvalue weighted by atomic mass is 9.81. The molecule has 1 N–H and O–H groups in total. The second-order valence-electron chi connectivity index (χ2n) is 9.25. The molecule has 0 unspecified atom stereocenters. The van der Waals surface area contributed by atoms with Crippen LogP contribution in [0, 0.1) is 11.2 Å². The van der Waals surface area contributed by atoms with Gasteiger partial charge in [-0.2, -0.15) is 0 Å². The predicted octanol–water partition coefficient (Wildman–Crippen LogP) is 3.61. The van der Waals surface area contributed by atoms with Crippen LogP contribution in [0.5, 0.6) is 0 Å². The molecule has 28 heavy (non-hydrogen) atoms. The summed E-state index contributed by atoms with van der Waals surface area (Å²) in [5.74, 6) is -0.925. The maximum absolute atomic E-state index is 13.3. The van der Waals surface area contributed by atoms with E-state index in [0.717, 1.165) is 0 Å². The van der Waals surface area contributed by atoms with Gasteiger partial charge in [0.2, 0.25) is 0 Å². The Hall–Kier alpha value is -2.15. The van der Waals surface area contributed by atoms with Gasteiger partial charge in [0.15, 0.2) is 6.10 Å². The van der Waals surface area contributed by atoms with Gasteiger partial charge in [-0.3, -0.25) is 4.79 Å². The van der Waals surface area contributed by atoms with Crippen molar-refractivity contribution in [3.63, 3.8) is 0 Å². The van der Waals surface area contributed by atoms with Crippen molar-refractivity contribution < 1.29 is 28.6 Å². The molecule has 1 saturated heterocycles. The molecule has 0 aromatic heterocycles. The second kappa shape index (κ2) is 7.70. The minimum Gasteiger partial charge on any atom is -0.457 e. The first kappa shape index (κ1) is 22.1. The molecular weight excluding hydrogens is 365 g/mol. The first-order valence-corrected chi connectivity index (χ1v) is 9.40. The normalized spacial score (nSPS) is 23.3. The van der Waals surface area contributed by atoms with E-state index in [2.05, 4.69) is 0 Å². The number of nitrogens with zero attached hydrogens (tertiary/aromatic N) is 1. The van der Waals surface area contributed by atoms with Crippen LogP contribution in [0.4, 0.5) is 9.18 Å². The molecule has 2 atom stereocenters. The van der Waals surface area contributed by atoms with E-state index in [1.165, 1.54) is 29.2 Å². The van der Waals surface area contributed by atoms with Gasteiger partial charge in [-0.1, -0.05) is 12.1 Å². The lowest BCUT2D eigenvalue weighted by molar-refractivity contribution is -0.186. The molecule has 0 spiro atoms. The van der Waals surface area contributed by atoms with Crippen LogP contribution < -0.4 is 0 Å². The van der Waals surface area contributed by atoms with Crippen molar-refractivity contribution in [2.24, 2.45) is 5.41 Å². The molecule has 0 saturated carbocycles. The van der Waals surface area contributed by atoms with Crippen molar-refractivity contribution in [2.45, 2.75) is 65.3 Å². The Balaban J connectivity index is 2.31. The highest BCUT2D eigenvalue weighted by atomic mass is 19.1. The largest absolute Gasteiger partial charge is 0.457 e. The fourth-order valence-corrected chi connectivity index (χ4v) is 2.91. The summed E-state index contributed by atoms with van der Waals surface area (Å²) in [6, 6.07) is 5.43. The summed E-state index contributed by atoms with van der Waals surface area (Å²) in [6.07, 6.45) is -1.42. The van der Waals surface area contributed by atoms with E-state index in [1.54, 1.807) is 41.5 Å². The maximum Gasteiger partial charge on any atom is 0.410 e. The summed E-state index contributed by atoms with van der Waals surface area (Å²) in [6.45, 7) is 10.6. The molecule has 0 radical (unpaired) electrons. The Morgan fingerprint density at radius 2 is 1.71 bits per heavy atom. The number of carbonyl (C=O) groups excluding carboxylic acids is 2. The standard InChI is InChI=1S/C21H30FNO5/c1-19(2,3)17(24)27-16-13-23(18(25)28-20(4,5)6)12-11-21(16,26)14-7-9-15(22)10-8-14/h7-10,16,26H,11-13H2,1-6H3/t16-,21-/m1/s1. The number of hydrogen-bond donors (Lipinski definition) is 1. The number of benzene rings is 1. The third-order valence-electron chi connectivity index (χ3n) is 4.54. The summed E-state index contributed by atoms with van der Waals surface area (Å²) < 4.78 is 24.4. The Labute approximate surface area is 165 Å². The van der Waals surface area contributed by atoms with Crippen LogP contribution >= 0.6 is 0 Å². The number of amides is 1. The highest BCUT2D eigenvalue weighted by Crippen LogP contribution is 2.36. The van der Waals surface area contributed by atoms with Gasteiger partial charge in [-0.05, 0) is 59.2 Å². The van der Waals surface area contributed by atoms with Gasteiger partial charge in [0.1, 0.15) is 17.0 Å². The van der Waals surface area contributed by atoms with Crippen molar-refractivity contribution in [1.82, 2.24) is 4.90 Å². The molecule has 0 bridgehead atoms. The lowest BCUT2D eigenvalue weighted by Gasteiger charge is -2.44. The topological polar surface area (TPSA) is 76.1 Å². The van der Waals surface area contributed by atoms with Crippen molar-refractivity contribution in [2.75, 3.05) is 13.1 Å². The average Bonchev–Trinajstić information content (AvgIpc) is 2.54.